The van der Waals surface area contributed by atoms with Crippen molar-refractivity contribution < 1.29 is 14.7 Å². The number of nitrogens with zero attached hydrogens (tertiary/aromatic N) is 1. The maximum absolute atomic E-state index is 11.9. The second-order valence-corrected chi connectivity index (χ2v) is 4.98. The summed E-state index contributed by atoms with van der Waals surface area (Å²) in [6.07, 6.45) is 3.26. The number of aliphatic carboxylic acids is 1. The quantitative estimate of drug-likeness (QED) is 0.609. The van der Waals surface area contributed by atoms with Gasteiger partial charge in [-0.15, -0.1) is 0 Å². The molecule has 1 amide bonds. The number of hydrogen-bond acceptors (Lipinski definition) is 4. The molecule has 0 aliphatic carbocycles. The van der Waals surface area contributed by atoms with Crippen molar-refractivity contribution in [3.8, 4) is 0 Å². The first-order valence-corrected chi connectivity index (χ1v) is 7.08. The Morgan fingerprint density at radius 2 is 2.16 bits per heavy atom. The zero-order chi connectivity index (χ0) is 14.1. The Morgan fingerprint density at radius 1 is 1.37 bits per heavy atom. The third-order valence-corrected chi connectivity index (χ3v) is 3.28. The van der Waals surface area contributed by atoms with Gasteiger partial charge in [-0.1, -0.05) is 19.8 Å². The molecule has 1 fully saturated rings. The maximum atomic E-state index is 11.9. The number of carboxylic acids is 1. The highest BCUT2D eigenvalue weighted by Crippen LogP contribution is 2.01. The normalized spacial score (nSPS) is 18.6. The van der Waals surface area contributed by atoms with Gasteiger partial charge in [-0.25, -0.2) is 4.79 Å². The number of hydrogen-bond donors (Lipinski definition) is 3. The van der Waals surface area contributed by atoms with Crippen LogP contribution in [0.15, 0.2) is 0 Å². The van der Waals surface area contributed by atoms with Crippen molar-refractivity contribution in [1.82, 2.24) is 15.5 Å². The molecule has 0 aromatic rings. The fraction of sp³-hybridized carbons (Fsp3) is 0.846. The average Bonchev–Trinajstić information content (AvgIpc) is 2.62. The molecule has 1 aliphatic rings. The smallest absolute Gasteiger partial charge is 0.326 e. The van der Waals surface area contributed by atoms with E-state index in [1.54, 1.807) is 0 Å². The summed E-state index contributed by atoms with van der Waals surface area (Å²) in [5.41, 5.74) is 0. The van der Waals surface area contributed by atoms with Crippen molar-refractivity contribution in [1.29, 1.82) is 0 Å². The van der Waals surface area contributed by atoms with E-state index in [0.29, 0.717) is 6.42 Å². The van der Waals surface area contributed by atoms with Crippen molar-refractivity contribution in [2.24, 2.45) is 0 Å². The van der Waals surface area contributed by atoms with Crippen LogP contribution < -0.4 is 10.6 Å². The third kappa shape index (κ3) is 6.54. The summed E-state index contributed by atoms with van der Waals surface area (Å²) in [6.45, 7) is 5.87. The van der Waals surface area contributed by atoms with Crippen LogP contribution in [0.4, 0.5) is 0 Å². The number of rotatable bonds is 7. The van der Waals surface area contributed by atoms with E-state index in [1.165, 1.54) is 0 Å². The third-order valence-electron chi connectivity index (χ3n) is 3.28. The first-order chi connectivity index (χ1) is 9.13. The SMILES string of the molecule is CCCCC(NC(=O)CN1CCCNCC1)C(=O)O. The molecule has 0 bridgehead atoms. The summed E-state index contributed by atoms with van der Waals surface area (Å²) >= 11 is 0. The van der Waals surface area contributed by atoms with Crippen LogP contribution >= 0.6 is 0 Å². The van der Waals surface area contributed by atoms with Gasteiger partial charge < -0.3 is 15.7 Å². The van der Waals surface area contributed by atoms with Crippen LogP contribution in [0.3, 0.4) is 0 Å². The van der Waals surface area contributed by atoms with Crippen molar-refractivity contribution >= 4 is 11.9 Å². The topological polar surface area (TPSA) is 81.7 Å². The molecule has 1 saturated heterocycles. The molecule has 1 heterocycles. The van der Waals surface area contributed by atoms with Crippen molar-refractivity contribution in [2.45, 2.75) is 38.6 Å². The summed E-state index contributed by atoms with van der Waals surface area (Å²) in [4.78, 5) is 25.0. The summed E-state index contributed by atoms with van der Waals surface area (Å²) in [6, 6.07) is -0.752. The summed E-state index contributed by atoms with van der Waals surface area (Å²) in [5.74, 6) is -1.13. The number of nitrogens with one attached hydrogen (secondary N) is 2. The minimum absolute atomic E-state index is 0.189. The van der Waals surface area contributed by atoms with E-state index in [4.69, 9.17) is 5.11 Å². The molecule has 3 N–H and O–H groups in total. The summed E-state index contributed by atoms with van der Waals surface area (Å²) in [7, 11) is 0. The van der Waals surface area contributed by atoms with Crippen LogP contribution in [-0.2, 0) is 9.59 Å². The van der Waals surface area contributed by atoms with Crippen LogP contribution in [-0.4, -0.2) is 60.6 Å². The minimum Gasteiger partial charge on any atom is -0.480 e. The molecular formula is C13H25N3O3. The van der Waals surface area contributed by atoms with E-state index in [-0.39, 0.29) is 12.5 Å². The molecule has 1 unspecified atom stereocenters. The average molecular weight is 271 g/mol. The Kier molecular flexibility index (Phi) is 7.43. The number of unbranched alkanes of at least 4 members (excludes halogenated alkanes) is 1. The van der Waals surface area contributed by atoms with Gasteiger partial charge in [-0.2, -0.15) is 0 Å². The lowest BCUT2D eigenvalue weighted by Crippen LogP contribution is -2.46. The van der Waals surface area contributed by atoms with E-state index in [2.05, 4.69) is 15.5 Å². The molecule has 1 atom stereocenters. The molecule has 1 aliphatic heterocycles. The van der Waals surface area contributed by atoms with Crippen molar-refractivity contribution in [3.63, 3.8) is 0 Å². The van der Waals surface area contributed by atoms with Crippen LogP contribution in [0.25, 0.3) is 0 Å². The first-order valence-electron chi connectivity index (χ1n) is 7.08. The zero-order valence-electron chi connectivity index (χ0n) is 11.7. The van der Waals surface area contributed by atoms with Gasteiger partial charge in [0.1, 0.15) is 6.04 Å². The Bertz CT molecular complexity index is 289. The van der Waals surface area contributed by atoms with Gasteiger partial charge in [0.2, 0.25) is 5.91 Å². The Labute approximate surface area is 114 Å². The van der Waals surface area contributed by atoms with E-state index < -0.39 is 12.0 Å². The number of carbonyl (C=O) groups excluding carboxylic acids is 1. The van der Waals surface area contributed by atoms with Gasteiger partial charge in [-0.3, -0.25) is 9.69 Å². The summed E-state index contributed by atoms with van der Waals surface area (Å²) in [5, 5.41) is 14.9. The van der Waals surface area contributed by atoms with E-state index in [1.807, 2.05) is 6.92 Å². The van der Waals surface area contributed by atoms with Crippen LogP contribution in [0, 0.1) is 0 Å². The van der Waals surface area contributed by atoms with E-state index in [0.717, 1.165) is 45.4 Å². The fourth-order valence-electron chi connectivity index (χ4n) is 2.17. The minimum atomic E-state index is -0.945. The monoisotopic (exact) mass is 271 g/mol. The van der Waals surface area contributed by atoms with Gasteiger partial charge >= 0.3 is 5.97 Å². The van der Waals surface area contributed by atoms with Gasteiger partial charge in [0.05, 0.1) is 6.54 Å². The maximum Gasteiger partial charge on any atom is 0.326 e. The lowest BCUT2D eigenvalue weighted by molar-refractivity contribution is -0.142. The van der Waals surface area contributed by atoms with Crippen molar-refractivity contribution in [2.75, 3.05) is 32.7 Å². The van der Waals surface area contributed by atoms with Crippen LogP contribution in [0.1, 0.15) is 32.6 Å². The number of carbonyl (C=O) groups is 2. The molecule has 0 aromatic carbocycles. The highest BCUT2D eigenvalue weighted by atomic mass is 16.4. The predicted octanol–water partition coefficient (Wildman–Crippen LogP) is 0.0413. The first kappa shape index (κ1) is 15.9. The predicted molar refractivity (Wildman–Crippen MR) is 73.0 cm³/mol. The molecule has 110 valence electrons. The van der Waals surface area contributed by atoms with E-state index >= 15 is 0 Å². The largest absolute Gasteiger partial charge is 0.480 e. The molecule has 19 heavy (non-hydrogen) atoms. The van der Waals surface area contributed by atoms with E-state index in [9.17, 15) is 9.59 Å². The zero-order valence-corrected chi connectivity index (χ0v) is 11.7. The number of carboxylic acid groups (broad SMARTS) is 1. The second kappa shape index (κ2) is 8.87. The van der Waals surface area contributed by atoms with Gasteiger partial charge in [-0.05, 0) is 25.9 Å². The molecule has 0 radical (unpaired) electrons. The molecule has 1 rings (SSSR count). The Hall–Kier alpha value is -1.14. The van der Waals surface area contributed by atoms with Gasteiger partial charge in [0.25, 0.3) is 0 Å². The molecule has 0 aromatic heterocycles. The van der Waals surface area contributed by atoms with Crippen LogP contribution in [0.2, 0.25) is 0 Å². The van der Waals surface area contributed by atoms with Gasteiger partial charge in [0, 0.05) is 13.1 Å². The van der Waals surface area contributed by atoms with Gasteiger partial charge in [0.15, 0.2) is 0 Å². The molecular weight excluding hydrogens is 246 g/mol. The standard InChI is InChI=1S/C13H25N3O3/c1-2-3-5-11(13(18)19)15-12(17)10-16-8-4-6-14-7-9-16/h11,14H,2-10H2,1H3,(H,15,17)(H,18,19). The highest BCUT2D eigenvalue weighted by Gasteiger charge is 2.20. The molecule has 0 saturated carbocycles. The fourth-order valence-corrected chi connectivity index (χ4v) is 2.17. The highest BCUT2D eigenvalue weighted by molar-refractivity contribution is 5.84. The Morgan fingerprint density at radius 3 is 2.84 bits per heavy atom. The summed E-state index contributed by atoms with van der Waals surface area (Å²) < 4.78 is 0. The van der Waals surface area contributed by atoms with Crippen molar-refractivity contribution in [3.05, 3.63) is 0 Å². The second-order valence-electron chi connectivity index (χ2n) is 4.98. The molecule has 6 heteroatoms. The molecule has 6 nitrogen and oxygen atoms in total. The lowest BCUT2D eigenvalue weighted by atomic mass is 10.1. The number of amides is 1. The molecule has 0 spiro atoms. The van der Waals surface area contributed by atoms with Crippen LogP contribution in [0.5, 0.6) is 0 Å². The lowest BCUT2D eigenvalue weighted by Gasteiger charge is -2.20. The Balaban J connectivity index is 2.36.